The highest BCUT2D eigenvalue weighted by molar-refractivity contribution is 8.00. The van der Waals surface area contributed by atoms with E-state index in [0.717, 1.165) is 29.0 Å². The third kappa shape index (κ3) is 6.59. The lowest BCUT2D eigenvalue weighted by Crippen LogP contribution is -2.58. The van der Waals surface area contributed by atoms with Crippen LogP contribution in [0.1, 0.15) is 50.3 Å². The number of nitrogens with zero attached hydrogens (tertiary/aromatic N) is 1. The molecular weight excluding hydrogens is 480 g/mol. The maximum atomic E-state index is 13.0. The lowest BCUT2D eigenvalue weighted by Gasteiger charge is -2.40. The molecule has 2 aliphatic heterocycles. The molecule has 0 radical (unpaired) electrons. The number of carbonyl (C=O) groups excluding carboxylic acids is 3. The summed E-state index contributed by atoms with van der Waals surface area (Å²) in [4.78, 5) is 40.0. The second-order valence-electron chi connectivity index (χ2n) is 8.81. The van der Waals surface area contributed by atoms with Gasteiger partial charge in [0.15, 0.2) is 5.78 Å². The molecule has 0 spiro atoms. The summed E-state index contributed by atoms with van der Waals surface area (Å²) in [7, 11) is 0. The number of nitrogen functional groups attached to an aromatic ring is 1. The summed E-state index contributed by atoms with van der Waals surface area (Å²) in [5.41, 5.74) is 13.5. The van der Waals surface area contributed by atoms with Gasteiger partial charge < -0.3 is 21.7 Å². The number of fused-ring (bicyclic) bond motifs is 1. The van der Waals surface area contributed by atoms with E-state index >= 15 is 0 Å². The van der Waals surface area contributed by atoms with Crippen LogP contribution in [0.2, 0.25) is 0 Å². The Morgan fingerprint density at radius 2 is 1.80 bits per heavy atom. The van der Waals surface area contributed by atoms with E-state index in [9.17, 15) is 14.4 Å². The number of ketones is 1. The monoisotopic (exact) mass is 514 g/mol. The van der Waals surface area contributed by atoms with Crippen molar-refractivity contribution in [2.45, 2.75) is 73.2 Å². The number of Topliss-reactive ketones (excluding diaryl/α,β-unsaturated/α-hetero) is 1. The molecule has 2 aliphatic rings. The third-order valence-corrected chi connectivity index (χ3v) is 8.30. The summed E-state index contributed by atoms with van der Waals surface area (Å²) in [6.07, 6.45) is 2.76. The molecule has 2 amide bonds. The largest absolute Gasteiger partial charge is 0.398 e. The molecule has 35 heavy (non-hydrogen) atoms. The fourth-order valence-corrected chi connectivity index (χ4v) is 6.12. The first-order valence-electron chi connectivity index (χ1n) is 11.9. The van der Waals surface area contributed by atoms with E-state index in [1.807, 2.05) is 61.5 Å². The summed E-state index contributed by atoms with van der Waals surface area (Å²) in [5, 5.41) is 2.68. The van der Waals surface area contributed by atoms with Crippen LogP contribution in [0, 0.1) is 0 Å². The molecule has 0 saturated carbocycles. The number of hydrogen-bond donors (Lipinski definition) is 4. The van der Waals surface area contributed by atoms with Crippen LogP contribution in [0.3, 0.4) is 0 Å². The van der Waals surface area contributed by atoms with Gasteiger partial charge in [0.2, 0.25) is 11.8 Å². The summed E-state index contributed by atoms with van der Waals surface area (Å²) < 4.78 is 0. The Morgan fingerprint density at radius 1 is 1.14 bits per heavy atom. The molecule has 2 aromatic rings. The number of nitrogens with one attached hydrogen (secondary N) is 1. The highest BCUT2D eigenvalue weighted by atomic mass is 32.2. The van der Waals surface area contributed by atoms with Crippen molar-refractivity contribution in [1.29, 1.82) is 0 Å². The molecule has 2 heterocycles. The van der Waals surface area contributed by atoms with Crippen LogP contribution in [0.5, 0.6) is 0 Å². The maximum absolute atomic E-state index is 13.0. The van der Waals surface area contributed by atoms with Crippen molar-refractivity contribution in [2.24, 2.45) is 5.73 Å². The van der Waals surface area contributed by atoms with Gasteiger partial charge in [-0.2, -0.15) is 0 Å². The van der Waals surface area contributed by atoms with Crippen LogP contribution in [0.25, 0.3) is 0 Å². The minimum absolute atomic E-state index is 0.0554. The smallest absolute Gasteiger partial charge is 0.243 e. The van der Waals surface area contributed by atoms with Crippen LogP contribution in [-0.2, 0) is 14.4 Å². The first kappa shape index (κ1) is 27.1. The first-order valence-corrected chi connectivity index (χ1v) is 13.3. The van der Waals surface area contributed by atoms with Crippen molar-refractivity contribution in [3.63, 3.8) is 0 Å². The Morgan fingerprint density at radius 3 is 2.37 bits per heavy atom. The number of hydrogen-bond acceptors (Lipinski definition) is 7. The van der Waals surface area contributed by atoms with Gasteiger partial charge in [-0.25, -0.2) is 0 Å². The number of carbonyl (C=O) groups is 3. The first-order chi connectivity index (χ1) is 16.7. The zero-order valence-electron chi connectivity index (χ0n) is 20.1. The number of rotatable bonds is 6. The highest BCUT2D eigenvalue weighted by Crippen LogP contribution is 2.46. The number of para-hydroxylation sites is 1. The minimum atomic E-state index is -0.679. The molecule has 5 unspecified atom stereocenters. The van der Waals surface area contributed by atoms with E-state index in [1.165, 1.54) is 6.92 Å². The van der Waals surface area contributed by atoms with Crippen LogP contribution in [0.4, 0.5) is 5.69 Å². The van der Waals surface area contributed by atoms with Crippen molar-refractivity contribution in [3.05, 3.63) is 60.2 Å². The Balaban J connectivity index is 0.000000363. The van der Waals surface area contributed by atoms with E-state index in [0.29, 0.717) is 12.8 Å². The summed E-state index contributed by atoms with van der Waals surface area (Å²) in [6.45, 7) is 3.46. The summed E-state index contributed by atoms with van der Waals surface area (Å²) in [5.74, 6) is -0.481. The summed E-state index contributed by atoms with van der Waals surface area (Å²) in [6, 6.07) is 15.6. The van der Waals surface area contributed by atoms with E-state index in [1.54, 1.807) is 16.7 Å². The molecule has 2 fully saturated rings. The second kappa shape index (κ2) is 12.5. The van der Waals surface area contributed by atoms with Gasteiger partial charge in [0.25, 0.3) is 0 Å². The standard InChI is InChI=1S/C20H27N3O3S.C6H7NS/c1-3-7-14(12(2)24)22-19(25)15-10-11-16-23(15)20(26)17(21)18(27-16)13-8-5-4-6-9-13;7-5-3-1-2-4-6(5)8/h4-6,8-9,14-18H,3,7,10-11,21H2,1-2H3,(H,22,25);1-4,8H,7H2. The number of nitrogens with two attached hydrogens (primary N) is 2. The number of amides is 2. The lowest BCUT2D eigenvalue weighted by molar-refractivity contribution is -0.141. The van der Waals surface area contributed by atoms with Gasteiger partial charge in [0, 0.05) is 10.6 Å². The van der Waals surface area contributed by atoms with E-state index in [2.05, 4.69) is 17.9 Å². The van der Waals surface area contributed by atoms with Gasteiger partial charge in [0.1, 0.15) is 12.1 Å². The van der Waals surface area contributed by atoms with Crippen molar-refractivity contribution >= 4 is 47.7 Å². The van der Waals surface area contributed by atoms with Crippen molar-refractivity contribution < 1.29 is 14.4 Å². The van der Waals surface area contributed by atoms with Gasteiger partial charge in [-0.05, 0) is 43.9 Å². The number of anilines is 1. The number of benzene rings is 2. The van der Waals surface area contributed by atoms with Crippen LogP contribution >= 0.6 is 24.4 Å². The molecule has 2 saturated heterocycles. The molecule has 0 aromatic heterocycles. The Bertz CT molecular complexity index is 1020. The SMILES string of the molecule is CCCC(NC(=O)C1CCC2SC(c3ccccc3)C(N)C(=O)N21)C(C)=O.Nc1ccccc1S. The molecule has 5 atom stereocenters. The molecule has 4 rings (SSSR count). The molecular formula is C26H34N4O3S2. The van der Waals surface area contributed by atoms with Gasteiger partial charge in [0.05, 0.1) is 16.7 Å². The normalized spacial score (nSPS) is 24.1. The van der Waals surface area contributed by atoms with Crippen LogP contribution in [-0.4, -0.2) is 46.0 Å². The fourth-order valence-electron chi connectivity index (χ4n) is 4.37. The summed E-state index contributed by atoms with van der Waals surface area (Å²) >= 11 is 5.73. The van der Waals surface area contributed by atoms with E-state index in [4.69, 9.17) is 11.5 Å². The Kier molecular flexibility index (Phi) is 9.65. The van der Waals surface area contributed by atoms with Crippen molar-refractivity contribution in [1.82, 2.24) is 10.2 Å². The zero-order chi connectivity index (χ0) is 25.5. The third-order valence-electron chi connectivity index (χ3n) is 6.25. The quantitative estimate of drug-likeness (QED) is 0.346. The van der Waals surface area contributed by atoms with Crippen LogP contribution < -0.4 is 16.8 Å². The van der Waals surface area contributed by atoms with E-state index in [-0.39, 0.29) is 28.2 Å². The topological polar surface area (TPSA) is 119 Å². The zero-order valence-corrected chi connectivity index (χ0v) is 21.8. The fraction of sp³-hybridized carbons (Fsp3) is 0.423. The maximum Gasteiger partial charge on any atom is 0.243 e. The highest BCUT2D eigenvalue weighted by Gasteiger charge is 2.49. The van der Waals surface area contributed by atoms with Crippen molar-refractivity contribution in [3.8, 4) is 0 Å². The molecule has 2 aromatic carbocycles. The van der Waals surface area contributed by atoms with E-state index < -0.39 is 18.1 Å². The Hall–Kier alpha value is -2.49. The van der Waals surface area contributed by atoms with Gasteiger partial charge >= 0.3 is 0 Å². The second-order valence-corrected chi connectivity index (χ2v) is 10.6. The molecule has 5 N–H and O–H groups in total. The molecule has 9 heteroatoms. The molecule has 7 nitrogen and oxygen atoms in total. The molecule has 0 aliphatic carbocycles. The lowest BCUT2D eigenvalue weighted by atomic mass is 10.0. The number of thiol groups is 1. The van der Waals surface area contributed by atoms with Gasteiger partial charge in [-0.3, -0.25) is 14.4 Å². The molecule has 188 valence electrons. The Labute approximate surface area is 216 Å². The average Bonchev–Trinajstić information content (AvgIpc) is 3.28. The predicted molar refractivity (Wildman–Crippen MR) is 144 cm³/mol. The molecule has 0 bridgehead atoms. The predicted octanol–water partition coefficient (Wildman–Crippen LogP) is 3.55. The van der Waals surface area contributed by atoms with Gasteiger partial charge in [-0.1, -0.05) is 55.8 Å². The van der Waals surface area contributed by atoms with Gasteiger partial charge in [-0.15, -0.1) is 24.4 Å². The van der Waals surface area contributed by atoms with Crippen LogP contribution in [0.15, 0.2) is 59.5 Å². The average molecular weight is 515 g/mol. The number of thioether (sulfide) groups is 1. The minimum Gasteiger partial charge on any atom is -0.398 e. The van der Waals surface area contributed by atoms with Crippen molar-refractivity contribution in [2.75, 3.05) is 5.73 Å².